The first kappa shape index (κ1) is 9.68. The van der Waals surface area contributed by atoms with Crippen LogP contribution in [-0.2, 0) is 0 Å². The normalized spacial score (nSPS) is 7.17. The first-order valence-corrected chi connectivity index (χ1v) is 4.27. The van der Waals surface area contributed by atoms with Crippen LogP contribution in [0.25, 0.3) is 0 Å². The monoisotopic (exact) mass is 124 g/mol. The summed E-state index contributed by atoms with van der Waals surface area (Å²) in [5.74, 6) is 2.02. The number of hydrogen-bond acceptors (Lipinski definition) is 0. The maximum Gasteiger partial charge on any atom is 0.0505 e. The Morgan fingerprint density at radius 3 is 1.67 bits per heavy atom. The van der Waals surface area contributed by atoms with Crippen LogP contribution in [-0.4, -0.2) is 13.3 Å². The zero-order chi connectivity index (χ0) is 4.28. The summed E-state index contributed by atoms with van der Waals surface area (Å²) in [6.45, 7) is 8.02. The van der Waals surface area contributed by atoms with E-state index in [-0.39, 0.29) is 20.3 Å². The third-order valence-corrected chi connectivity index (χ3v) is 1.22. The first-order chi connectivity index (χ1) is 2.27. The van der Waals surface area contributed by atoms with Gasteiger partial charge in [0.15, 0.2) is 0 Å². The van der Waals surface area contributed by atoms with Gasteiger partial charge in [-0.2, -0.15) is 0 Å². The summed E-state index contributed by atoms with van der Waals surface area (Å²) in [6, 6.07) is 0. The van der Waals surface area contributed by atoms with E-state index in [9.17, 15) is 0 Å². The average Bonchev–Trinajstić information content (AvgIpc) is 1.38. The summed E-state index contributed by atoms with van der Waals surface area (Å²) in [4.78, 5) is 0. The zero-order valence-electron chi connectivity index (χ0n) is 4.16. The summed E-state index contributed by atoms with van der Waals surface area (Å²) < 4.78 is 0. The lowest BCUT2D eigenvalue weighted by Crippen LogP contribution is -3.00. The summed E-state index contributed by atoms with van der Waals surface area (Å²) in [5, 5.41) is 0. The van der Waals surface area contributed by atoms with E-state index in [0.717, 1.165) is 0 Å². The molecule has 38 valence electrons. The molecule has 0 aliphatic carbocycles. The number of rotatable bonds is 1. The third-order valence-electron chi connectivity index (χ3n) is 0.408. The molecule has 0 aliphatic heterocycles. The number of halogens is 1. The van der Waals surface area contributed by atoms with Gasteiger partial charge in [0.25, 0.3) is 0 Å². The predicted octanol–water partition coefficient (Wildman–Crippen LogP) is -1.39. The highest BCUT2D eigenvalue weighted by atomic mass is 35.5. The molecule has 0 fully saturated rings. The van der Waals surface area contributed by atoms with Gasteiger partial charge in [0.1, 0.15) is 0 Å². The quantitative estimate of drug-likeness (QED) is 0.378. The van der Waals surface area contributed by atoms with E-state index in [1.165, 1.54) is 0 Å². The molecule has 0 aromatic rings. The van der Waals surface area contributed by atoms with E-state index in [1.807, 2.05) is 5.82 Å². The Morgan fingerprint density at radius 1 is 1.50 bits per heavy atom. The molecule has 0 aromatic heterocycles. The maximum absolute atomic E-state index is 3.61. The van der Waals surface area contributed by atoms with E-state index in [4.69, 9.17) is 0 Å². The standard InChI is InChI=1S/C4H9P.ClH/c1-4-5(2)3;/h4H,1H2,2-3H3;1H. The van der Waals surface area contributed by atoms with Crippen molar-refractivity contribution in [1.82, 2.24) is 0 Å². The Morgan fingerprint density at radius 2 is 1.67 bits per heavy atom. The molecule has 0 N–H and O–H groups in total. The molecule has 0 aliphatic rings. The highest BCUT2D eigenvalue weighted by Gasteiger charge is 1.82. The molecule has 0 rings (SSSR count). The van der Waals surface area contributed by atoms with Crippen LogP contribution in [0.15, 0.2) is 12.4 Å². The zero-order valence-corrected chi connectivity index (χ0v) is 5.92. The van der Waals surface area contributed by atoms with E-state index < -0.39 is 0 Å². The molecule has 0 bridgehead atoms. The SMILES string of the molecule is C=C[PH+](C)C.[Cl-]. The largest absolute Gasteiger partial charge is 1.00 e. The van der Waals surface area contributed by atoms with Gasteiger partial charge in [0.2, 0.25) is 0 Å². The van der Waals surface area contributed by atoms with E-state index in [1.54, 1.807) is 0 Å². The third kappa shape index (κ3) is 8.82. The Bertz CT molecular complexity index is 34.5. The Hall–Kier alpha value is 0.460. The molecule has 6 heavy (non-hydrogen) atoms. The van der Waals surface area contributed by atoms with Gasteiger partial charge in [-0.1, -0.05) is 6.58 Å². The first-order valence-electron chi connectivity index (χ1n) is 1.70. The molecule has 0 heterocycles. The van der Waals surface area contributed by atoms with Crippen LogP contribution in [0.1, 0.15) is 0 Å². The molecule has 0 aromatic carbocycles. The second-order valence-electron chi connectivity index (χ2n) is 1.28. The predicted molar refractivity (Wildman–Crippen MR) is 30.4 cm³/mol. The molecule has 0 spiro atoms. The van der Waals surface area contributed by atoms with E-state index >= 15 is 0 Å². The van der Waals surface area contributed by atoms with Gasteiger partial charge in [0.05, 0.1) is 13.3 Å². The second-order valence-corrected chi connectivity index (χ2v) is 3.84. The van der Waals surface area contributed by atoms with Crippen molar-refractivity contribution in [2.75, 3.05) is 13.3 Å². The minimum Gasteiger partial charge on any atom is -1.00 e. The van der Waals surface area contributed by atoms with Crippen molar-refractivity contribution in [3.8, 4) is 0 Å². The van der Waals surface area contributed by atoms with Gasteiger partial charge in [0, 0.05) is 13.7 Å². The van der Waals surface area contributed by atoms with Crippen molar-refractivity contribution in [2.24, 2.45) is 0 Å². The van der Waals surface area contributed by atoms with Gasteiger partial charge in [-0.05, 0) is 0 Å². The molecular weight excluding hydrogens is 114 g/mol. The van der Waals surface area contributed by atoms with Crippen molar-refractivity contribution < 1.29 is 12.4 Å². The molecule has 2 heteroatoms. The molecule has 0 amide bonds. The Kier molecular flexibility index (Phi) is 8.81. The fraction of sp³-hybridized carbons (Fsp3) is 0.500. The molecule has 0 radical (unpaired) electrons. The minimum atomic E-state index is -0.110. The summed E-state index contributed by atoms with van der Waals surface area (Å²) in [7, 11) is -0.110. The lowest BCUT2D eigenvalue weighted by atomic mass is 11.3. The Balaban J connectivity index is 0. The van der Waals surface area contributed by atoms with Gasteiger partial charge in [-0.15, -0.1) is 0 Å². The van der Waals surface area contributed by atoms with Crippen molar-refractivity contribution >= 4 is 7.92 Å². The molecule has 0 unspecified atom stereocenters. The summed E-state index contributed by atoms with van der Waals surface area (Å²) in [6.07, 6.45) is 0. The van der Waals surface area contributed by atoms with Crippen LogP contribution in [0.4, 0.5) is 0 Å². The lowest BCUT2D eigenvalue weighted by Gasteiger charge is -1.75. The van der Waals surface area contributed by atoms with E-state index in [0.29, 0.717) is 0 Å². The van der Waals surface area contributed by atoms with Crippen molar-refractivity contribution in [3.63, 3.8) is 0 Å². The van der Waals surface area contributed by atoms with Crippen molar-refractivity contribution in [3.05, 3.63) is 12.4 Å². The maximum atomic E-state index is 3.61. The van der Waals surface area contributed by atoms with Crippen molar-refractivity contribution in [1.29, 1.82) is 0 Å². The van der Waals surface area contributed by atoms with Gasteiger partial charge in [-0.25, -0.2) is 0 Å². The highest BCUT2D eigenvalue weighted by Crippen LogP contribution is 2.23. The molecular formula is C4H10ClP. The summed E-state index contributed by atoms with van der Waals surface area (Å²) in [5.41, 5.74) is 0. The van der Waals surface area contributed by atoms with Crippen LogP contribution >= 0.6 is 7.92 Å². The topological polar surface area (TPSA) is 0 Å². The number of hydrogen-bond donors (Lipinski definition) is 0. The molecule has 0 saturated heterocycles. The van der Waals surface area contributed by atoms with Crippen LogP contribution in [0.5, 0.6) is 0 Å². The smallest absolute Gasteiger partial charge is 0.0505 e. The van der Waals surface area contributed by atoms with Gasteiger partial charge >= 0.3 is 0 Å². The lowest BCUT2D eigenvalue weighted by molar-refractivity contribution is -0.00000120. The van der Waals surface area contributed by atoms with Crippen LogP contribution in [0, 0.1) is 0 Å². The highest BCUT2D eigenvalue weighted by molar-refractivity contribution is 7.59. The van der Waals surface area contributed by atoms with Crippen molar-refractivity contribution in [2.45, 2.75) is 0 Å². The fourth-order valence-electron chi connectivity index (χ4n) is 0. The Labute approximate surface area is 46.8 Å². The van der Waals surface area contributed by atoms with Crippen LogP contribution in [0.3, 0.4) is 0 Å². The van der Waals surface area contributed by atoms with E-state index in [2.05, 4.69) is 19.9 Å². The average molecular weight is 125 g/mol. The second kappa shape index (κ2) is 5.46. The van der Waals surface area contributed by atoms with Crippen LogP contribution in [0.2, 0.25) is 0 Å². The fourth-order valence-corrected chi connectivity index (χ4v) is 0. The van der Waals surface area contributed by atoms with Gasteiger partial charge in [-0.3, -0.25) is 0 Å². The van der Waals surface area contributed by atoms with Gasteiger partial charge < -0.3 is 12.4 Å². The van der Waals surface area contributed by atoms with Crippen LogP contribution < -0.4 is 12.4 Å². The minimum absolute atomic E-state index is 0. The summed E-state index contributed by atoms with van der Waals surface area (Å²) >= 11 is 0. The molecule has 0 atom stereocenters. The molecule has 0 saturated carbocycles. The molecule has 0 nitrogen and oxygen atoms in total.